The average Bonchev–Trinajstić information content (AvgIpc) is 3.02. The summed E-state index contributed by atoms with van der Waals surface area (Å²) in [6, 6.07) is 3.18. The maximum absolute atomic E-state index is 12.6. The molecule has 5 nitrogen and oxygen atoms in total. The highest BCUT2D eigenvalue weighted by molar-refractivity contribution is 7.15. The molecule has 1 saturated heterocycles. The Morgan fingerprint density at radius 3 is 2.92 bits per heavy atom. The quantitative estimate of drug-likeness (QED) is 0.826. The van der Waals surface area contributed by atoms with E-state index in [2.05, 4.69) is 20.2 Å². The molecule has 1 aliphatic heterocycles. The summed E-state index contributed by atoms with van der Waals surface area (Å²) in [6.07, 6.45) is 3.65. The van der Waals surface area contributed by atoms with Gasteiger partial charge in [-0.25, -0.2) is 13.8 Å². The minimum atomic E-state index is -2.47. The largest absolute Gasteiger partial charge is 0.302 e. The van der Waals surface area contributed by atoms with Crippen LogP contribution in [0.2, 0.25) is 0 Å². The van der Waals surface area contributed by atoms with Gasteiger partial charge in [0.05, 0.1) is 0 Å². The van der Waals surface area contributed by atoms with Crippen molar-refractivity contribution in [2.75, 3.05) is 18.4 Å². The van der Waals surface area contributed by atoms with E-state index in [1.807, 2.05) is 6.20 Å². The van der Waals surface area contributed by atoms with E-state index in [-0.39, 0.29) is 11.5 Å². The summed E-state index contributed by atoms with van der Waals surface area (Å²) in [5.41, 5.74) is 0.839. The van der Waals surface area contributed by atoms with Crippen LogP contribution in [0.25, 0.3) is 0 Å². The molecule has 1 unspecified atom stereocenters. The highest BCUT2D eigenvalue weighted by Crippen LogP contribution is 2.25. The maximum Gasteiger partial charge on any atom is 0.265 e. The number of halogens is 2. The molecule has 3 heterocycles. The summed E-state index contributed by atoms with van der Waals surface area (Å²) in [7, 11) is 0. The molecule has 0 aliphatic carbocycles. The van der Waals surface area contributed by atoms with Gasteiger partial charge in [0.15, 0.2) is 5.13 Å². The molecule has 140 valence electrons. The molecular weight excluding hydrogens is 358 g/mol. The van der Waals surface area contributed by atoms with Gasteiger partial charge in [0.25, 0.3) is 6.43 Å². The van der Waals surface area contributed by atoms with Gasteiger partial charge >= 0.3 is 0 Å². The maximum atomic E-state index is 12.6. The van der Waals surface area contributed by atoms with Crippen molar-refractivity contribution in [1.29, 1.82) is 0 Å². The van der Waals surface area contributed by atoms with Gasteiger partial charge in [-0.1, -0.05) is 0 Å². The highest BCUT2D eigenvalue weighted by atomic mass is 32.1. The Labute approximate surface area is 155 Å². The summed E-state index contributed by atoms with van der Waals surface area (Å²) in [6.45, 7) is 4.26. The fourth-order valence-corrected chi connectivity index (χ4v) is 4.15. The first-order valence-corrected chi connectivity index (χ1v) is 9.49. The third kappa shape index (κ3) is 5.28. The molecule has 1 amide bonds. The monoisotopic (exact) mass is 380 g/mol. The lowest BCUT2D eigenvalue weighted by molar-refractivity contribution is -0.114. The first kappa shape index (κ1) is 18.8. The number of likely N-dealkylation sites (tertiary alicyclic amines) is 1. The number of nitrogens with zero attached hydrogens (tertiary/aromatic N) is 3. The van der Waals surface area contributed by atoms with E-state index in [9.17, 15) is 13.6 Å². The van der Waals surface area contributed by atoms with Gasteiger partial charge < -0.3 is 5.32 Å². The molecule has 26 heavy (non-hydrogen) atoms. The molecular formula is C18H22F2N4OS. The number of aromatic nitrogens is 2. The number of carbonyl (C=O) groups is 1. The third-order valence-electron chi connectivity index (χ3n) is 4.42. The molecule has 0 spiro atoms. The Morgan fingerprint density at radius 2 is 2.23 bits per heavy atom. The fraction of sp³-hybridized carbons (Fsp3) is 0.500. The van der Waals surface area contributed by atoms with E-state index in [0.717, 1.165) is 49.5 Å². The Balaban J connectivity index is 1.53. The molecule has 3 rings (SSSR count). The van der Waals surface area contributed by atoms with Crippen molar-refractivity contribution in [3.8, 4) is 0 Å². The zero-order chi connectivity index (χ0) is 18.5. The Hall–Kier alpha value is -1.93. The summed E-state index contributed by atoms with van der Waals surface area (Å²) < 4.78 is 25.2. The van der Waals surface area contributed by atoms with Crippen LogP contribution in [0.1, 0.15) is 42.3 Å². The van der Waals surface area contributed by atoms with E-state index in [4.69, 9.17) is 0 Å². The smallest absolute Gasteiger partial charge is 0.265 e. The number of hydrogen-bond donors (Lipinski definition) is 1. The average molecular weight is 380 g/mol. The Kier molecular flexibility index (Phi) is 6.26. The lowest BCUT2D eigenvalue weighted by Gasteiger charge is -2.32. The molecule has 1 N–H and O–H groups in total. The van der Waals surface area contributed by atoms with Crippen LogP contribution >= 0.6 is 11.3 Å². The molecule has 1 atom stereocenters. The molecule has 1 aliphatic rings. The van der Waals surface area contributed by atoms with Gasteiger partial charge in [-0.3, -0.25) is 14.7 Å². The molecule has 0 bridgehead atoms. The zero-order valence-electron chi connectivity index (χ0n) is 14.6. The van der Waals surface area contributed by atoms with Gasteiger partial charge in [0.2, 0.25) is 5.91 Å². The number of alkyl halides is 2. The number of nitrogens with one attached hydrogen (secondary N) is 1. The van der Waals surface area contributed by atoms with Crippen LogP contribution in [0, 0.1) is 5.92 Å². The summed E-state index contributed by atoms with van der Waals surface area (Å²) in [4.78, 5) is 23.0. The zero-order valence-corrected chi connectivity index (χ0v) is 15.4. The second-order valence-electron chi connectivity index (χ2n) is 6.64. The topological polar surface area (TPSA) is 58.1 Å². The van der Waals surface area contributed by atoms with E-state index in [1.54, 1.807) is 6.07 Å². The number of thiazole rings is 1. The van der Waals surface area contributed by atoms with Crippen LogP contribution in [0.5, 0.6) is 0 Å². The molecule has 0 saturated carbocycles. The SMILES string of the molecule is CC(=O)Nc1ncc(CN2CCCC(Cc3ccc(C(F)F)cn3)C2)s1. The van der Waals surface area contributed by atoms with Crippen molar-refractivity contribution in [1.82, 2.24) is 14.9 Å². The van der Waals surface area contributed by atoms with E-state index < -0.39 is 6.43 Å². The van der Waals surface area contributed by atoms with Crippen LogP contribution in [-0.2, 0) is 17.8 Å². The highest BCUT2D eigenvalue weighted by Gasteiger charge is 2.21. The molecule has 1 fully saturated rings. The Bertz CT molecular complexity index is 735. The minimum Gasteiger partial charge on any atom is -0.302 e. The van der Waals surface area contributed by atoms with E-state index >= 15 is 0 Å². The number of carbonyl (C=O) groups excluding carboxylic acids is 1. The molecule has 8 heteroatoms. The molecule has 0 aromatic carbocycles. The third-order valence-corrected chi connectivity index (χ3v) is 5.31. The summed E-state index contributed by atoms with van der Waals surface area (Å²) in [5.74, 6) is 0.352. The molecule has 0 radical (unpaired) electrons. The minimum absolute atomic E-state index is 0.0285. The van der Waals surface area contributed by atoms with Gasteiger partial charge in [-0.05, 0) is 43.9 Å². The van der Waals surface area contributed by atoms with Gasteiger partial charge in [0, 0.05) is 48.5 Å². The first-order chi connectivity index (χ1) is 12.5. The fourth-order valence-electron chi connectivity index (χ4n) is 3.25. The van der Waals surface area contributed by atoms with Gasteiger partial charge in [0.1, 0.15) is 0 Å². The predicted molar refractivity (Wildman–Crippen MR) is 97.3 cm³/mol. The number of pyridine rings is 1. The van der Waals surface area contributed by atoms with Crippen LogP contribution in [0.3, 0.4) is 0 Å². The number of anilines is 1. The molecule has 2 aromatic heterocycles. The van der Waals surface area contributed by atoms with E-state index in [1.165, 1.54) is 30.5 Å². The number of amides is 1. The van der Waals surface area contributed by atoms with Crippen molar-refractivity contribution in [2.45, 2.75) is 39.2 Å². The Morgan fingerprint density at radius 1 is 1.38 bits per heavy atom. The number of rotatable bonds is 6. The van der Waals surface area contributed by atoms with E-state index in [0.29, 0.717) is 11.0 Å². The van der Waals surface area contributed by atoms with Crippen LogP contribution < -0.4 is 5.32 Å². The lowest BCUT2D eigenvalue weighted by Crippen LogP contribution is -2.35. The van der Waals surface area contributed by atoms with Crippen molar-refractivity contribution < 1.29 is 13.6 Å². The van der Waals surface area contributed by atoms with Crippen molar-refractivity contribution in [3.63, 3.8) is 0 Å². The number of hydrogen-bond acceptors (Lipinski definition) is 5. The van der Waals surface area contributed by atoms with Gasteiger partial charge in [-0.15, -0.1) is 11.3 Å². The second kappa shape index (κ2) is 8.64. The standard InChI is InChI=1S/C18H22F2N4OS/c1-12(25)23-18-22-9-16(26-18)11-24-6-2-3-13(10-24)7-15-5-4-14(8-21-15)17(19)20/h4-5,8-9,13,17H,2-3,6-7,10-11H2,1H3,(H,22,23,25). The predicted octanol–water partition coefficient (Wildman–Crippen LogP) is 3.89. The van der Waals surface area contributed by atoms with Crippen LogP contribution in [0.15, 0.2) is 24.5 Å². The second-order valence-corrected chi connectivity index (χ2v) is 7.76. The van der Waals surface area contributed by atoms with Gasteiger partial charge in [-0.2, -0.15) is 0 Å². The molecule has 2 aromatic rings. The van der Waals surface area contributed by atoms with Crippen molar-refractivity contribution in [3.05, 3.63) is 40.7 Å². The summed E-state index contributed by atoms with van der Waals surface area (Å²) >= 11 is 1.50. The van der Waals surface area contributed by atoms with Crippen LogP contribution in [-0.4, -0.2) is 33.9 Å². The summed E-state index contributed by atoms with van der Waals surface area (Å²) in [5, 5.41) is 3.33. The van der Waals surface area contributed by atoms with Crippen molar-refractivity contribution in [2.24, 2.45) is 5.92 Å². The van der Waals surface area contributed by atoms with Crippen molar-refractivity contribution >= 4 is 22.4 Å². The number of piperidine rings is 1. The lowest BCUT2D eigenvalue weighted by atomic mass is 9.93. The normalized spacial score (nSPS) is 18.2. The van der Waals surface area contributed by atoms with Crippen LogP contribution in [0.4, 0.5) is 13.9 Å². The first-order valence-electron chi connectivity index (χ1n) is 8.67.